The lowest BCUT2D eigenvalue weighted by molar-refractivity contribution is 0.0904. The summed E-state index contributed by atoms with van der Waals surface area (Å²) in [5, 5.41) is 7.63. The molecule has 0 spiro atoms. The minimum absolute atomic E-state index is 0.459. The van der Waals surface area contributed by atoms with Gasteiger partial charge in [-0.25, -0.2) is 9.67 Å². The molecule has 0 atom stereocenters. The predicted octanol–water partition coefficient (Wildman–Crippen LogP) is 1.44. The van der Waals surface area contributed by atoms with Gasteiger partial charge in [0.05, 0.1) is 11.4 Å². The zero-order chi connectivity index (χ0) is 13.1. The maximum Gasteiger partial charge on any atom is 0.138 e. The van der Waals surface area contributed by atoms with E-state index in [9.17, 15) is 0 Å². The van der Waals surface area contributed by atoms with Gasteiger partial charge >= 0.3 is 0 Å². The zero-order valence-electron chi connectivity index (χ0n) is 10.6. The molecule has 19 heavy (non-hydrogen) atoms. The second kappa shape index (κ2) is 5.27. The Bertz CT molecular complexity index is 534. The maximum atomic E-state index is 5.98. The first kappa shape index (κ1) is 12.0. The van der Waals surface area contributed by atoms with Crippen molar-refractivity contribution >= 4 is 11.4 Å². The summed E-state index contributed by atoms with van der Waals surface area (Å²) in [6, 6.07) is 6.34. The second-order valence-electron chi connectivity index (χ2n) is 4.64. The van der Waals surface area contributed by atoms with E-state index >= 15 is 0 Å². The summed E-state index contributed by atoms with van der Waals surface area (Å²) in [5.74, 6) is 0. The Hall–Kier alpha value is -2.08. The molecule has 0 saturated carbocycles. The van der Waals surface area contributed by atoms with Crippen LogP contribution in [0.1, 0.15) is 12.8 Å². The molecule has 1 saturated heterocycles. The van der Waals surface area contributed by atoms with Crippen LogP contribution in [0.5, 0.6) is 0 Å². The van der Waals surface area contributed by atoms with E-state index in [1.807, 2.05) is 18.2 Å². The number of ether oxygens (including phenoxy) is 1. The molecule has 6 heteroatoms. The first-order chi connectivity index (χ1) is 9.33. The van der Waals surface area contributed by atoms with E-state index in [1.165, 1.54) is 6.33 Å². The van der Waals surface area contributed by atoms with Crippen molar-refractivity contribution in [2.45, 2.75) is 18.9 Å². The molecule has 0 amide bonds. The normalized spacial score (nSPS) is 16.4. The molecule has 2 heterocycles. The molecule has 1 aliphatic heterocycles. The maximum absolute atomic E-state index is 5.98. The van der Waals surface area contributed by atoms with Gasteiger partial charge in [-0.2, -0.15) is 5.10 Å². The molecule has 1 aliphatic rings. The summed E-state index contributed by atoms with van der Waals surface area (Å²) in [7, 11) is 0. The van der Waals surface area contributed by atoms with Gasteiger partial charge in [-0.3, -0.25) is 0 Å². The molecule has 6 nitrogen and oxygen atoms in total. The third-order valence-electron chi connectivity index (χ3n) is 3.29. The fourth-order valence-corrected chi connectivity index (χ4v) is 2.24. The number of hydrogen-bond acceptors (Lipinski definition) is 5. The number of nitrogen functional groups attached to an aromatic ring is 1. The Labute approximate surface area is 111 Å². The second-order valence-corrected chi connectivity index (χ2v) is 4.64. The van der Waals surface area contributed by atoms with E-state index in [0.29, 0.717) is 11.7 Å². The summed E-state index contributed by atoms with van der Waals surface area (Å²) in [6.07, 6.45) is 5.20. The van der Waals surface area contributed by atoms with Crippen LogP contribution in [-0.4, -0.2) is 34.0 Å². The van der Waals surface area contributed by atoms with Crippen molar-refractivity contribution in [3.8, 4) is 5.69 Å². The third-order valence-corrected chi connectivity index (χ3v) is 3.29. The first-order valence-electron chi connectivity index (χ1n) is 6.42. The minimum atomic E-state index is 0.459. The molecule has 3 N–H and O–H groups in total. The van der Waals surface area contributed by atoms with E-state index in [4.69, 9.17) is 10.5 Å². The lowest BCUT2D eigenvalue weighted by Gasteiger charge is -2.24. The number of nitrogens with one attached hydrogen (secondary N) is 1. The predicted molar refractivity (Wildman–Crippen MR) is 73.2 cm³/mol. The lowest BCUT2D eigenvalue weighted by atomic mass is 10.1. The van der Waals surface area contributed by atoms with Gasteiger partial charge in [0.15, 0.2) is 0 Å². The molecular weight excluding hydrogens is 242 g/mol. The summed E-state index contributed by atoms with van der Waals surface area (Å²) >= 11 is 0. The van der Waals surface area contributed by atoms with Crippen LogP contribution in [0.2, 0.25) is 0 Å². The number of nitrogens with zero attached hydrogens (tertiary/aromatic N) is 3. The number of hydrogen-bond donors (Lipinski definition) is 2. The highest BCUT2D eigenvalue weighted by Gasteiger charge is 2.14. The van der Waals surface area contributed by atoms with Gasteiger partial charge in [-0.05, 0) is 31.0 Å². The molecule has 0 unspecified atom stereocenters. The van der Waals surface area contributed by atoms with E-state index in [-0.39, 0.29) is 0 Å². The fourth-order valence-electron chi connectivity index (χ4n) is 2.24. The Morgan fingerprint density at radius 2 is 2.16 bits per heavy atom. The van der Waals surface area contributed by atoms with Crippen LogP contribution in [0.25, 0.3) is 5.69 Å². The average molecular weight is 259 g/mol. The van der Waals surface area contributed by atoms with Gasteiger partial charge in [-0.15, -0.1) is 0 Å². The van der Waals surface area contributed by atoms with E-state index in [0.717, 1.165) is 37.4 Å². The molecule has 0 radical (unpaired) electrons. The van der Waals surface area contributed by atoms with Gasteiger partial charge in [0, 0.05) is 24.9 Å². The SMILES string of the molecule is Nc1ccc(NC2CCOCC2)cc1-n1cncn1. The number of anilines is 2. The van der Waals surface area contributed by atoms with Crippen LogP contribution >= 0.6 is 0 Å². The summed E-state index contributed by atoms with van der Waals surface area (Å²) in [6.45, 7) is 1.64. The Balaban J connectivity index is 1.81. The van der Waals surface area contributed by atoms with Crippen molar-refractivity contribution < 1.29 is 4.74 Å². The van der Waals surface area contributed by atoms with Crippen LogP contribution in [0.3, 0.4) is 0 Å². The van der Waals surface area contributed by atoms with E-state index in [1.54, 1.807) is 11.0 Å². The van der Waals surface area contributed by atoms with Gasteiger partial charge < -0.3 is 15.8 Å². The average Bonchev–Trinajstić information content (AvgIpc) is 2.96. The minimum Gasteiger partial charge on any atom is -0.397 e. The smallest absolute Gasteiger partial charge is 0.138 e. The monoisotopic (exact) mass is 259 g/mol. The number of rotatable bonds is 3. The van der Waals surface area contributed by atoms with E-state index in [2.05, 4.69) is 15.4 Å². The van der Waals surface area contributed by atoms with Crippen molar-refractivity contribution in [3.05, 3.63) is 30.9 Å². The van der Waals surface area contributed by atoms with Crippen LogP contribution in [-0.2, 0) is 4.74 Å². The Morgan fingerprint density at radius 1 is 1.32 bits per heavy atom. The lowest BCUT2D eigenvalue weighted by Crippen LogP contribution is -2.27. The van der Waals surface area contributed by atoms with Crippen molar-refractivity contribution in [1.82, 2.24) is 14.8 Å². The van der Waals surface area contributed by atoms with Crippen molar-refractivity contribution in [1.29, 1.82) is 0 Å². The highest BCUT2D eigenvalue weighted by atomic mass is 16.5. The largest absolute Gasteiger partial charge is 0.397 e. The highest BCUT2D eigenvalue weighted by molar-refractivity contribution is 5.65. The number of aromatic nitrogens is 3. The quantitative estimate of drug-likeness (QED) is 0.815. The van der Waals surface area contributed by atoms with Gasteiger partial charge in [0.25, 0.3) is 0 Å². The van der Waals surface area contributed by atoms with Crippen LogP contribution in [0, 0.1) is 0 Å². The zero-order valence-corrected chi connectivity index (χ0v) is 10.6. The van der Waals surface area contributed by atoms with E-state index < -0.39 is 0 Å². The van der Waals surface area contributed by atoms with Gasteiger partial charge in [0.1, 0.15) is 12.7 Å². The van der Waals surface area contributed by atoms with Crippen molar-refractivity contribution in [2.75, 3.05) is 24.3 Å². The summed E-state index contributed by atoms with van der Waals surface area (Å²) in [5.41, 5.74) is 8.55. The molecular formula is C13H17N5O. The highest BCUT2D eigenvalue weighted by Crippen LogP contribution is 2.23. The van der Waals surface area contributed by atoms with Crippen LogP contribution < -0.4 is 11.1 Å². The molecule has 0 aliphatic carbocycles. The Kier molecular flexibility index (Phi) is 3.33. The summed E-state index contributed by atoms with van der Waals surface area (Å²) in [4.78, 5) is 3.94. The van der Waals surface area contributed by atoms with Gasteiger partial charge in [0.2, 0.25) is 0 Å². The molecule has 1 fully saturated rings. The van der Waals surface area contributed by atoms with Crippen molar-refractivity contribution in [3.63, 3.8) is 0 Å². The molecule has 100 valence electrons. The van der Waals surface area contributed by atoms with Crippen molar-refractivity contribution in [2.24, 2.45) is 0 Å². The van der Waals surface area contributed by atoms with Crippen LogP contribution in [0.4, 0.5) is 11.4 Å². The molecule has 0 bridgehead atoms. The first-order valence-corrected chi connectivity index (χ1v) is 6.42. The van der Waals surface area contributed by atoms with Gasteiger partial charge in [-0.1, -0.05) is 0 Å². The molecule has 1 aromatic carbocycles. The molecule has 1 aromatic heterocycles. The summed E-state index contributed by atoms with van der Waals surface area (Å²) < 4.78 is 7.03. The Morgan fingerprint density at radius 3 is 2.89 bits per heavy atom. The van der Waals surface area contributed by atoms with Crippen LogP contribution in [0.15, 0.2) is 30.9 Å². The fraction of sp³-hybridized carbons (Fsp3) is 0.385. The number of nitrogens with two attached hydrogens (primary N) is 1. The third kappa shape index (κ3) is 2.68. The topological polar surface area (TPSA) is 78.0 Å². The number of benzene rings is 1. The molecule has 2 aromatic rings. The molecule has 3 rings (SSSR count). The standard InChI is InChI=1S/C13H17N5O/c14-12-2-1-11(17-10-3-5-19-6-4-10)7-13(12)18-9-15-8-16-18/h1-2,7-10,17H,3-6,14H2.